The first-order valence-corrected chi connectivity index (χ1v) is 11.4. The number of hydrogen-bond acceptors (Lipinski definition) is 6. The smallest absolute Gasteiger partial charge is 0.257 e. The zero-order valence-corrected chi connectivity index (χ0v) is 20.8. The number of methoxy groups -OCH3 is 2. The topological polar surface area (TPSA) is 80.3 Å². The largest absolute Gasteiger partial charge is 0.497 e. The van der Waals surface area contributed by atoms with E-state index in [9.17, 15) is 9.59 Å². The van der Waals surface area contributed by atoms with Crippen molar-refractivity contribution in [3.05, 3.63) is 53.6 Å². The molecule has 1 aliphatic rings. The maximum atomic E-state index is 13.3. The normalized spacial score (nSPS) is 22.1. The van der Waals surface area contributed by atoms with E-state index in [2.05, 4.69) is 31.1 Å². The van der Waals surface area contributed by atoms with Crippen LogP contribution in [-0.4, -0.2) is 81.8 Å². The summed E-state index contributed by atoms with van der Waals surface area (Å²) in [7, 11) is 7.06. The van der Waals surface area contributed by atoms with Crippen molar-refractivity contribution >= 4 is 17.5 Å². The highest BCUT2D eigenvalue weighted by Crippen LogP contribution is 2.27. The quantitative estimate of drug-likeness (QED) is 0.740. The fraction of sp³-hybridized carbons (Fsp3) is 0.462. The summed E-state index contributed by atoms with van der Waals surface area (Å²) in [5, 5.41) is 2.88. The first-order chi connectivity index (χ1) is 16.2. The number of carbonyl (C=O) groups is 2. The van der Waals surface area contributed by atoms with Gasteiger partial charge in [0, 0.05) is 50.6 Å². The van der Waals surface area contributed by atoms with Crippen molar-refractivity contribution in [1.29, 1.82) is 0 Å². The van der Waals surface area contributed by atoms with Gasteiger partial charge in [-0.3, -0.25) is 14.5 Å². The Morgan fingerprint density at radius 2 is 1.85 bits per heavy atom. The van der Waals surface area contributed by atoms with Gasteiger partial charge in [0.25, 0.3) is 11.8 Å². The van der Waals surface area contributed by atoms with Gasteiger partial charge in [-0.15, -0.1) is 0 Å². The van der Waals surface area contributed by atoms with Crippen molar-refractivity contribution in [2.24, 2.45) is 5.92 Å². The van der Waals surface area contributed by atoms with Crippen LogP contribution in [0.25, 0.3) is 0 Å². The van der Waals surface area contributed by atoms with E-state index in [1.165, 1.54) is 0 Å². The molecule has 2 amide bonds. The molecule has 0 bridgehead atoms. The second-order valence-corrected chi connectivity index (χ2v) is 8.93. The van der Waals surface area contributed by atoms with Crippen molar-refractivity contribution < 1.29 is 23.8 Å². The lowest BCUT2D eigenvalue weighted by atomic mass is 10.0. The number of anilines is 1. The molecule has 0 radical (unpaired) electrons. The molecule has 0 fully saturated rings. The molecule has 1 N–H and O–H groups in total. The molecule has 2 aromatic carbocycles. The van der Waals surface area contributed by atoms with Gasteiger partial charge in [0.1, 0.15) is 18.1 Å². The van der Waals surface area contributed by atoms with Crippen molar-refractivity contribution in [2.75, 3.05) is 53.3 Å². The van der Waals surface area contributed by atoms with E-state index in [4.69, 9.17) is 14.2 Å². The molecule has 3 rings (SSSR count). The Morgan fingerprint density at radius 3 is 2.56 bits per heavy atom. The highest BCUT2D eigenvalue weighted by molar-refractivity contribution is 6.05. The van der Waals surface area contributed by atoms with Gasteiger partial charge in [0.2, 0.25) is 0 Å². The second kappa shape index (κ2) is 11.4. The molecule has 0 saturated heterocycles. The third-order valence-electron chi connectivity index (χ3n) is 6.35. The summed E-state index contributed by atoms with van der Waals surface area (Å²) in [6.45, 7) is 5.90. The van der Waals surface area contributed by atoms with Crippen molar-refractivity contribution in [2.45, 2.75) is 26.0 Å². The summed E-state index contributed by atoms with van der Waals surface area (Å²) in [6, 6.07) is 12.2. The standard InChI is InChI=1S/C26H35N3O5/c1-17-14-28(3)18(2)16-34-23-13-20(27-25(30)19-8-7-9-21(12-19)32-5)10-11-22(23)26(31)29(4)15-24(17)33-6/h7-13,17-18,24H,14-16H2,1-6H3,(H,27,30)/t17-,18-,24+/m1/s1. The van der Waals surface area contributed by atoms with E-state index in [0.29, 0.717) is 41.5 Å². The van der Waals surface area contributed by atoms with E-state index >= 15 is 0 Å². The van der Waals surface area contributed by atoms with Crippen molar-refractivity contribution in [3.8, 4) is 11.5 Å². The van der Waals surface area contributed by atoms with Gasteiger partial charge in [0.05, 0.1) is 18.8 Å². The van der Waals surface area contributed by atoms with E-state index in [-0.39, 0.29) is 29.9 Å². The first-order valence-electron chi connectivity index (χ1n) is 11.4. The van der Waals surface area contributed by atoms with Gasteiger partial charge in [-0.05, 0) is 50.2 Å². The summed E-state index contributed by atoms with van der Waals surface area (Å²) < 4.78 is 17.0. The molecule has 0 unspecified atom stereocenters. The third kappa shape index (κ3) is 6.07. The molecule has 3 atom stereocenters. The minimum absolute atomic E-state index is 0.0891. The molecule has 34 heavy (non-hydrogen) atoms. The number of benzene rings is 2. The average molecular weight is 470 g/mol. The Morgan fingerprint density at radius 1 is 1.09 bits per heavy atom. The molecular formula is C26H35N3O5. The number of amides is 2. The van der Waals surface area contributed by atoms with Crippen LogP contribution in [0.15, 0.2) is 42.5 Å². The zero-order valence-electron chi connectivity index (χ0n) is 20.8. The van der Waals surface area contributed by atoms with E-state index < -0.39 is 0 Å². The van der Waals surface area contributed by atoms with Gasteiger partial charge in [-0.2, -0.15) is 0 Å². The van der Waals surface area contributed by atoms with Crippen LogP contribution in [0.4, 0.5) is 5.69 Å². The van der Waals surface area contributed by atoms with Crippen molar-refractivity contribution in [3.63, 3.8) is 0 Å². The van der Waals surface area contributed by atoms with Crippen LogP contribution in [0.3, 0.4) is 0 Å². The molecule has 0 saturated carbocycles. The zero-order chi connectivity index (χ0) is 24.8. The number of carbonyl (C=O) groups excluding carboxylic acids is 2. The highest BCUT2D eigenvalue weighted by Gasteiger charge is 2.27. The summed E-state index contributed by atoms with van der Waals surface area (Å²) in [4.78, 5) is 29.9. The van der Waals surface area contributed by atoms with Crippen LogP contribution in [0.5, 0.6) is 11.5 Å². The molecule has 0 aliphatic carbocycles. The second-order valence-electron chi connectivity index (χ2n) is 8.93. The molecular weight excluding hydrogens is 434 g/mol. The van der Waals surface area contributed by atoms with Gasteiger partial charge >= 0.3 is 0 Å². The van der Waals surface area contributed by atoms with E-state index in [0.717, 1.165) is 6.54 Å². The summed E-state index contributed by atoms with van der Waals surface area (Å²) in [5.74, 6) is 0.838. The predicted molar refractivity (Wildman–Crippen MR) is 132 cm³/mol. The Balaban J connectivity index is 1.89. The maximum Gasteiger partial charge on any atom is 0.257 e. The molecule has 0 spiro atoms. The predicted octanol–water partition coefficient (Wildman–Crippen LogP) is 3.38. The number of likely N-dealkylation sites (N-methyl/N-ethyl adjacent to an activating group) is 2. The maximum absolute atomic E-state index is 13.3. The fourth-order valence-corrected chi connectivity index (χ4v) is 4.00. The Hall–Kier alpha value is -3.10. The molecule has 184 valence electrons. The lowest BCUT2D eigenvalue weighted by molar-refractivity contribution is 0.0150. The lowest BCUT2D eigenvalue weighted by Gasteiger charge is -2.34. The Kier molecular flexibility index (Phi) is 8.52. The molecule has 8 heteroatoms. The van der Waals surface area contributed by atoms with Crippen LogP contribution in [0, 0.1) is 5.92 Å². The van der Waals surface area contributed by atoms with E-state index in [1.54, 1.807) is 68.6 Å². The molecule has 8 nitrogen and oxygen atoms in total. The molecule has 0 aromatic heterocycles. The highest BCUT2D eigenvalue weighted by atomic mass is 16.5. The van der Waals surface area contributed by atoms with Gasteiger partial charge in [-0.25, -0.2) is 0 Å². The number of nitrogens with zero attached hydrogens (tertiary/aromatic N) is 2. The van der Waals surface area contributed by atoms with Gasteiger partial charge in [0.15, 0.2) is 0 Å². The molecule has 1 aliphatic heterocycles. The monoisotopic (exact) mass is 469 g/mol. The van der Waals surface area contributed by atoms with E-state index in [1.807, 2.05) is 0 Å². The van der Waals surface area contributed by atoms with Crippen LogP contribution in [-0.2, 0) is 4.74 Å². The fourth-order valence-electron chi connectivity index (χ4n) is 4.00. The Bertz CT molecular complexity index is 1010. The average Bonchev–Trinajstić information content (AvgIpc) is 2.84. The summed E-state index contributed by atoms with van der Waals surface area (Å²) in [5.41, 5.74) is 1.46. The van der Waals surface area contributed by atoms with Crippen LogP contribution >= 0.6 is 0 Å². The Labute approximate surface area is 201 Å². The minimum Gasteiger partial charge on any atom is -0.497 e. The van der Waals surface area contributed by atoms with Gasteiger partial charge < -0.3 is 24.4 Å². The summed E-state index contributed by atoms with van der Waals surface area (Å²) in [6.07, 6.45) is -0.0891. The molecule has 2 aromatic rings. The summed E-state index contributed by atoms with van der Waals surface area (Å²) >= 11 is 0. The molecule has 1 heterocycles. The third-order valence-corrected chi connectivity index (χ3v) is 6.35. The SMILES string of the molecule is COc1cccc(C(=O)Nc2ccc3c(c2)OC[C@@H](C)N(C)C[C@@H](C)[C@@H](OC)CN(C)C3=O)c1. The van der Waals surface area contributed by atoms with Crippen molar-refractivity contribution in [1.82, 2.24) is 9.80 Å². The number of hydrogen-bond donors (Lipinski definition) is 1. The minimum atomic E-state index is -0.277. The van der Waals surface area contributed by atoms with Crippen LogP contribution < -0.4 is 14.8 Å². The lowest BCUT2D eigenvalue weighted by Crippen LogP contribution is -2.45. The first kappa shape index (κ1) is 25.5. The van der Waals surface area contributed by atoms with Crippen LogP contribution in [0.2, 0.25) is 0 Å². The number of nitrogens with one attached hydrogen (secondary N) is 1. The number of rotatable bonds is 4. The number of ether oxygens (including phenoxy) is 3. The number of fused-ring (bicyclic) bond motifs is 1. The van der Waals surface area contributed by atoms with Crippen LogP contribution in [0.1, 0.15) is 34.6 Å². The van der Waals surface area contributed by atoms with Gasteiger partial charge in [-0.1, -0.05) is 13.0 Å².